The largest absolute Gasteiger partial charge is 0.381 e. The normalized spacial score (nSPS) is 23.1. The number of fused-ring (bicyclic) bond motifs is 1. The van der Waals surface area contributed by atoms with E-state index in [4.69, 9.17) is 9.72 Å². The smallest absolute Gasteiger partial charge is 0.263 e. The van der Waals surface area contributed by atoms with E-state index in [0.29, 0.717) is 17.4 Å². The molecule has 2 aliphatic rings. The molecule has 9 nitrogen and oxygen atoms in total. The van der Waals surface area contributed by atoms with E-state index < -0.39 is 0 Å². The van der Waals surface area contributed by atoms with Crippen LogP contribution < -0.4 is 5.56 Å². The van der Waals surface area contributed by atoms with Crippen LogP contribution in [0.25, 0.3) is 11.0 Å². The van der Waals surface area contributed by atoms with Crippen molar-refractivity contribution >= 4 is 11.0 Å². The van der Waals surface area contributed by atoms with Crippen molar-refractivity contribution in [3.63, 3.8) is 0 Å². The summed E-state index contributed by atoms with van der Waals surface area (Å²) in [7, 11) is 0. The van der Waals surface area contributed by atoms with Crippen molar-refractivity contribution in [1.82, 2.24) is 29.7 Å². The summed E-state index contributed by atoms with van der Waals surface area (Å²) in [5.74, 6) is 1.95. The van der Waals surface area contributed by atoms with Crippen molar-refractivity contribution in [3.05, 3.63) is 46.2 Å². The first kappa shape index (κ1) is 18.9. The van der Waals surface area contributed by atoms with Gasteiger partial charge in [-0.05, 0) is 44.6 Å². The Morgan fingerprint density at radius 2 is 1.93 bits per heavy atom. The van der Waals surface area contributed by atoms with Crippen molar-refractivity contribution in [2.24, 2.45) is 5.92 Å². The summed E-state index contributed by atoms with van der Waals surface area (Å²) < 4.78 is 7.25. The number of nitriles is 1. The Bertz CT molecular complexity index is 1160. The van der Waals surface area contributed by atoms with Crippen LogP contribution in [0.1, 0.15) is 67.8 Å². The summed E-state index contributed by atoms with van der Waals surface area (Å²) in [4.78, 5) is 29.4. The summed E-state index contributed by atoms with van der Waals surface area (Å²) in [5.41, 5.74) is 0.307. The molecule has 1 N–H and O–H groups in total. The molecule has 1 aliphatic carbocycles. The van der Waals surface area contributed by atoms with Gasteiger partial charge >= 0.3 is 0 Å². The van der Waals surface area contributed by atoms with Gasteiger partial charge < -0.3 is 9.72 Å². The predicted octanol–water partition coefficient (Wildman–Crippen LogP) is 2.43. The fraction of sp³-hybridized carbons (Fsp3) is 0.524. The summed E-state index contributed by atoms with van der Waals surface area (Å²) in [6.45, 7) is 3.52. The highest BCUT2D eigenvalue weighted by atomic mass is 16.5. The fourth-order valence-electron chi connectivity index (χ4n) is 4.64. The molecular formula is C21H23N7O2. The first-order chi connectivity index (χ1) is 14.7. The molecule has 1 aliphatic heterocycles. The van der Waals surface area contributed by atoms with Crippen LogP contribution in [-0.2, 0) is 4.74 Å². The summed E-state index contributed by atoms with van der Waals surface area (Å²) >= 11 is 0. The maximum absolute atomic E-state index is 12.9. The van der Waals surface area contributed by atoms with Crippen LogP contribution in [0.2, 0.25) is 0 Å². The molecule has 3 aromatic rings. The zero-order valence-electron chi connectivity index (χ0n) is 16.8. The Balaban J connectivity index is 1.57. The molecule has 154 valence electrons. The molecule has 5 rings (SSSR count). The Labute approximate surface area is 173 Å². The molecule has 0 amide bonds. The maximum atomic E-state index is 12.9. The van der Waals surface area contributed by atoms with Crippen LogP contribution in [0.3, 0.4) is 0 Å². The molecule has 0 unspecified atom stereocenters. The minimum absolute atomic E-state index is 0.0234. The van der Waals surface area contributed by atoms with E-state index in [1.54, 1.807) is 23.1 Å². The molecule has 3 atom stereocenters. The summed E-state index contributed by atoms with van der Waals surface area (Å²) in [6.07, 6.45) is 7.19. The van der Waals surface area contributed by atoms with E-state index in [-0.39, 0.29) is 34.5 Å². The van der Waals surface area contributed by atoms with Crippen molar-refractivity contribution in [1.29, 1.82) is 5.26 Å². The van der Waals surface area contributed by atoms with Crippen LogP contribution >= 0.6 is 0 Å². The lowest BCUT2D eigenvalue weighted by Gasteiger charge is -2.34. The van der Waals surface area contributed by atoms with E-state index in [9.17, 15) is 10.1 Å². The van der Waals surface area contributed by atoms with Crippen molar-refractivity contribution in [2.75, 3.05) is 13.2 Å². The molecule has 1 saturated heterocycles. The molecule has 0 bridgehead atoms. The van der Waals surface area contributed by atoms with E-state index in [0.717, 1.165) is 44.7 Å². The molecule has 30 heavy (non-hydrogen) atoms. The van der Waals surface area contributed by atoms with Gasteiger partial charge in [-0.2, -0.15) is 10.4 Å². The number of nitrogens with zero attached hydrogens (tertiary/aromatic N) is 6. The van der Waals surface area contributed by atoms with Gasteiger partial charge in [0.1, 0.15) is 23.1 Å². The quantitative estimate of drug-likeness (QED) is 0.707. The van der Waals surface area contributed by atoms with E-state index >= 15 is 0 Å². The molecule has 3 aromatic heterocycles. The van der Waals surface area contributed by atoms with Gasteiger partial charge in [0.2, 0.25) is 0 Å². The SMILES string of the molecule is C[C@@H](C1CCOCC1)n1nc(C#N)c2c(=O)[nH]c([C@@H]3CC[C@H]3c3ncccn3)nc21. The fourth-order valence-corrected chi connectivity index (χ4v) is 4.64. The number of hydrogen-bond donors (Lipinski definition) is 1. The van der Waals surface area contributed by atoms with Crippen molar-refractivity contribution < 1.29 is 4.74 Å². The molecule has 0 spiro atoms. The second-order valence-electron chi connectivity index (χ2n) is 8.14. The van der Waals surface area contributed by atoms with Crippen LogP contribution in [0.5, 0.6) is 0 Å². The topological polar surface area (TPSA) is 122 Å². The van der Waals surface area contributed by atoms with Gasteiger partial charge in [-0.15, -0.1) is 0 Å². The van der Waals surface area contributed by atoms with Gasteiger partial charge in [-0.25, -0.2) is 19.6 Å². The molecule has 4 heterocycles. The highest BCUT2D eigenvalue weighted by Gasteiger charge is 2.38. The average molecular weight is 405 g/mol. The van der Waals surface area contributed by atoms with Gasteiger partial charge in [0.25, 0.3) is 5.56 Å². The second kappa shape index (κ2) is 7.61. The Kier molecular flexibility index (Phi) is 4.79. The van der Waals surface area contributed by atoms with Gasteiger partial charge in [-0.3, -0.25) is 4.79 Å². The third-order valence-corrected chi connectivity index (χ3v) is 6.56. The third kappa shape index (κ3) is 3.08. The Morgan fingerprint density at radius 3 is 2.60 bits per heavy atom. The number of ether oxygens (including phenoxy) is 1. The summed E-state index contributed by atoms with van der Waals surface area (Å²) in [5, 5.41) is 14.3. The lowest BCUT2D eigenvalue weighted by molar-refractivity contribution is 0.0501. The number of hydrogen-bond acceptors (Lipinski definition) is 7. The number of rotatable bonds is 4. The van der Waals surface area contributed by atoms with Crippen LogP contribution in [0.4, 0.5) is 0 Å². The van der Waals surface area contributed by atoms with Crippen LogP contribution in [0, 0.1) is 17.2 Å². The van der Waals surface area contributed by atoms with Gasteiger partial charge in [0.15, 0.2) is 11.3 Å². The molecular weight excluding hydrogens is 382 g/mol. The number of nitrogens with one attached hydrogen (secondary N) is 1. The van der Waals surface area contributed by atoms with E-state index in [1.807, 2.05) is 0 Å². The van der Waals surface area contributed by atoms with Gasteiger partial charge in [0.05, 0.1) is 6.04 Å². The van der Waals surface area contributed by atoms with Crippen molar-refractivity contribution in [3.8, 4) is 6.07 Å². The van der Waals surface area contributed by atoms with E-state index in [1.165, 1.54) is 0 Å². The third-order valence-electron chi connectivity index (χ3n) is 6.56. The standard InChI is InChI=1S/C21H23N7O2/c1-12(13-5-9-30-10-6-13)28-20-17(16(11-22)27-28)21(29)26-19(25-20)15-4-3-14(15)18-23-7-2-8-24-18/h2,7-8,12-15H,3-6,9-10H2,1H3,(H,25,26,29)/t12-,14+,15+/m0/s1. The average Bonchev–Trinajstić information content (AvgIpc) is 3.13. The lowest BCUT2D eigenvalue weighted by Crippen LogP contribution is -2.28. The minimum atomic E-state index is -0.309. The highest BCUT2D eigenvalue weighted by molar-refractivity contribution is 5.80. The monoisotopic (exact) mass is 405 g/mol. The second-order valence-corrected chi connectivity index (χ2v) is 8.14. The molecule has 9 heteroatoms. The number of aromatic nitrogens is 6. The maximum Gasteiger partial charge on any atom is 0.263 e. The molecule has 1 saturated carbocycles. The first-order valence-corrected chi connectivity index (χ1v) is 10.4. The molecule has 0 radical (unpaired) electrons. The summed E-state index contributed by atoms with van der Waals surface area (Å²) in [6, 6.07) is 3.88. The highest BCUT2D eigenvalue weighted by Crippen LogP contribution is 2.46. The number of H-pyrrole nitrogens is 1. The van der Waals surface area contributed by atoms with Gasteiger partial charge in [0, 0.05) is 37.4 Å². The van der Waals surface area contributed by atoms with Crippen LogP contribution in [0.15, 0.2) is 23.3 Å². The first-order valence-electron chi connectivity index (χ1n) is 10.4. The molecule has 2 fully saturated rings. The zero-order chi connectivity index (χ0) is 20.7. The molecule has 0 aromatic carbocycles. The van der Waals surface area contributed by atoms with E-state index in [2.05, 4.69) is 33.0 Å². The lowest BCUT2D eigenvalue weighted by atomic mass is 9.72. The Hall–Kier alpha value is -3.12. The van der Waals surface area contributed by atoms with Gasteiger partial charge in [-0.1, -0.05) is 0 Å². The predicted molar refractivity (Wildman–Crippen MR) is 108 cm³/mol. The van der Waals surface area contributed by atoms with Crippen molar-refractivity contribution in [2.45, 2.75) is 50.5 Å². The minimum Gasteiger partial charge on any atom is -0.381 e. The zero-order valence-corrected chi connectivity index (χ0v) is 16.8. The van der Waals surface area contributed by atoms with Crippen LogP contribution in [-0.4, -0.2) is 42.9 Å². The Morgan fingerprint density at radius 1 is 1.20 bits per heavy atom. The number of aromatic amines is 1.